The number of hydrogen-bond acceptors (Lipinski definition) is 4. The lowest BCUT2D eigenvalue weighted by Gasteiger charge is -2.27. The minimum absolute atomic E-state index is 0.0225. The molecule has 1 N–H and O–H groups in total. The van der Waals surface area contributed by atoms with Crippen LogP contribution in [0.5, 0.6) is 0 Å². The van der Waals surface area contributed by atoms with E-state index in [-0.39, 0.29) is 24.2 Å². The van der Waals surface area contributed by atoms with Crippen molar-refractivity contribution in [3.63, 3.8) is 0 Å². The molecule has 0 bridgehead atoms. The van der Waals surface area contributed by atoms with Gasteiger partial charge in [0.25, 0.3) is 0 Å². The summed E-state index contributed by atoms with van der Waals surface area (Å²) in [5.41, 5.74) is 0. The predicted molar refractivity (Wildman–Crippen MR) is 74.0 cm³/mol. The highest BCUT2D eigenvalue weighted by molar-refractivity contribution is 5.76. The maximum atomic E-state index is 12.0. The van der Waals surface area contributed by atoms with E-state index >= 15 is 0 Å². The van der Waals surface area contributed by atoms with E-state index in [0.717, 1.165) is 25.7 Å². The van der Waals surface area contributed by atoms with Crippen LogP contribution in [0, 0.1) is 0 Å². The Kier molecular flexibility index (Phi) is 5.64. The van der Waals surface area contributed by atoms with E-state index in [9.17, 15) is 4.79 Å². The predicted octanol–water partition coefficient (Wildman–Crippen LogP) is 2.41. The maximum absolute atomic E-state index is 12.0. The first-order valence-corrected chi connectivity index (χ1v) is 7.70. The molecule has 0 aromatic carbocycles. The fourth-order valence-corrected chi connectivity index (χ4v) is 3.23. The monoisotopic (exact) mass is 269 g/mol. The van der Waals surface area contributed by atoms with E-state index in [2.05, 4.69) is 12.2 Å². The standard InChI is InChI=1S/C15H27NO3/c1-11-9-10-13(19-11)14(15(17)18-2)16-12-7-5-3-4-6-8-12/h11-14,16H,3-10H2,1-2H3. The normalized spacial score (nSPS) is 30.8. The molecule has 2 aliphatic rings. The van der Waals surface area contributed by atoms with Gasteiger partial charge in [-0.2, -0.15) is 0 Å². The lowest BCUT2D eigenvalue weighted by atomic mass is 10.0. The summed E-state index contributed by atoms with van der Waals surface area (Å²) in [5, 5.41) is 3.51. The first-order valence-electron chi connectivity index (χ1n) is 7.70. The Bertz CT molecular complexity index is 287. The first kappa shape index (κ1) is 14.8. The third-order valence-corrected chi connectivity index (χ3v) is 4.36. The minimum atomic E-state index is -0.293. The molecule has 0 aromatic rings. The average molecular weight is 269 g/mol. The molecule has 0 amide bonds. The smallest absolute Gasteiger partial charge is 0.325 e. The molecule has 19 heavy (non-hydrogen) atoms. The molecule has 1 aliphatic heterocycles. The Morgan fingerprint density at radius 2 is 1.84 bits per heavy atom. The van der Waals surface area contributed by atoms with Crippen molar-refractivity contribution in [3.05, 3.63) is 0 Å². The van der Waals surface area contributed by atoms with Crippen LogP contribution in [0.15, 0.2) is 0 Å². The van der Waals surface area contributed by atoms with Crippen LogP contribution in [0.4, 0.5) is 0 Å². The molecule has 1 aliphatic carbocycles. The molecule has 1 heterocycles. The van der Waals surface area contributed by atoms with Crippen LogP contribution >= 0.6 is 0 Å². The molecule has 0 radical (unpaired) electrons. The van der Waals surface area contributed by atoms with E-state index in [1.54, 1.807) is 0 Å². The number of rotatable bonds is 4. The van der Waals surface area contributed by atoms with Crippen molar-refractivity contribution >= 4 is 5.97 Å². The van der Waals surface area contributed by atoms with E-state index in [4.69, 9.17) is 9.47 Å². The van der Waals surface area contributed by atoms with Crippen LogP contribution in [0.3, 0.4) is 0 Å². The van der Waals surface area contributed by atoms with Crippen LogP contribution in [-0.2, 0) is 14.3 Å². The molecule has 0 aromatic heterocycles. The molecule has 2 rings (SSSR count). The Morgan fingerprint density at radius 3 is 2.37 bits per heavy atom. The second-order valence-electron chi connectivity index (χ2n) is 5.92. The zero-order valence-electron chi connectivity index (χ0n) is 12.2. The summed E-state index contributed by atoms with van der Waals surface area (Å²) in [4.78, 5) is 12.0. The highest BCUT2D eigenvalue weighted by atomic mass is 16.5. The van der Waals surface area contributed by atoms with Crippen LogP contribution < -0.4 is 5.32 Å². The van der Waals surface area contributed by atoms with Gasteiger partial charge in [0.05, 0.1) is 19.3 Å². The molecule has 2 fully saturated rings. The van der Waals surface area contributed by atoms with Crippen LogP contribution in [0.2, 0.25) is 0 Å². The van der Waals surface area contributed by atoms with Gasteiger partial charge >= 0.3 is 5.97 Å². The zero-order valence-corrected chi connectivity index (χ0v) is 12.2. The van der Waals surface area contributed by atoms with Crippen molar-refractivity contribution in [2.24, 2.45) is 0 Å². The number of carbonyl (C=O) groups excluding carboxylic acids is 1. The van der Waals surface area contributed by atoms with Gasteiger partial charge in [0.15, 0.2) is 0 Å². The number of hydrogen-bond donors (Lipinski definition) is 1. The number of esters is 1. The number of ether oxygens (including phenoxy) is 2. The Balaban J connectivity index is 1.94. The van der Waals surface area contributed by atoms with Gasteiger partial charge in [-0.05, 0) is 32.6 Å². The van der Waals surface area contributed by atoms with Crippen LogP contribution in [0.1, 0.15) is 58.3 Å². The van der Waals surface area contributed by atoms with Gasteiger partial charge in [0.1, 0.15) is 6.04 Å². The van der Waals surface area contributed by atoms with Gasteiger partial charge < -0.3 is 9.47 Å². The summed E-state index contributed by atoms with van der Waals surface area (Å²) >= 11 is 0. The summed E-state index contributed by atoms with van der Waals surface area (Å²) in [5.74, 6) is -0.177. The molecular formula is C15H27NO3. The zero-order chi connectivity index (χ0) is 13.7. The third kappa shape index (κ3) is 4.18. The van der Waals surface area contributed by atoms with Gasteiger partial charge in [0, 0.05) is 6.04 Å². The highest BCUT2D eigenvalue weighted by Crippen LogP contribution is 2.24. The minimum Gasteiger partial charge on any atom is -0.468 e. The highest BCUT2D eigenvalue weighted by Gasteiger charge is 2.36. The summed E-state index contributed by atoms with van der Waals surface area (Å²) in [7, 11) is 1.46. The van der Waals surface area contributed by atoms with Crippen molar-refractivity contribution in [1.82, 2.24) is 5.32 Å². The lowest BCUT2D eigenvalue weighted by molar-refractivity contribution is -0.147. The molecule has 0 spiro atoms. The SMILES string of the molecule is COC(=O)C(NC1CCCCCC1)C1CCC(C)O1. The van der Waals surface area contributed by atoms with E-state index in [1.165, 1.54) is 32.8 Å². The topological polar surface area (TPSA) is 47.6 Å². The molecule has 3 atom stereocenters. The van der Waals surface area contributed by atoms with Crippen LogP contribution in [-0.4, -0.2) is 37.4 Å². The average Bonchev–Trinajstić information content (AvgIpc) is 2.68. The maximum Gasteiger partial charge on any atom is 0.325 e. The van der Waals surface area contributed by atoms with E-state index < -0.39 is 0 Å². The second-order valence-corrected chi connectivity index (χ2v) is 5.92. The fraction of sp³-hybridized carbons (Fsp3) is 0.933. The summed E-state index contributed by atoms with van der Waals surface area (Å²) in [6.45, 7) is 2.07. The summed E-state index contributed by atoms with van der Waals surface area (Å²) in [6, 6.07) is 0.143. The van der Waals surface area contributed by atoms with Crippen LogP contribution in [0.25, 0.3) is 0 Å². The van der Waals surface area contributed by atoms with E-state index in [0.29, 0.717) is 6.04 Å². The van der Waals surface area contributed by atoms with Gasteiger partial charge in [-0.1, -0.05) is 25.7 Å². The summed E-state index contributed by atoms with van der Waals surface area (Å²) in [6.07, 6.45) is 9.69. The largest absolute Gasteiger partial charge is 0.468 e. The fourth-order valence-electron chi connectivity index (χ4n) is 3.23. The van der Waals surface area contributed by atoms with Gasteiger partial charge in [0.2, 0.25) is 0 Å². The number of carbonyl (C=O) groups is 1. The van der Waals surface area contributed by atoms with Crippen molar-refractivity contribution in [2.75, 3.05) is 7.11 Å². The Morgan fingerprint density at radius 1 is 1.16 bits per heavy atom. The van der Waals surface area contributed by atoms with Gasteiger partial charge in [-0.15, -0.1) is 0 Å². The lowest BCUT2D eigenvalue weighted by Crippen LogP contribution is -2.50. The third-order valence-electron chi connectivity index (χ3n) is 4.36. The molecule has 4 heteroatoms. The molecular weight excluding hydrogens is 242 g/mol. The van der Waals surface area contributed by atoms with E-state index in [1.807, 2.05) is 0 Å². The van der Waals surface area contributed by atoms with Crippen molar-refractivity contribution in [3.8, 4) is 0 Å². The van der Waals surface area contributed by atoms with Gasteiger partial charge in [-0.25, -0.2) is 0 Å². The van der Waals surface area contributed by atoms with Crippen molar-refractivity contribution in [2.45, 2.75) is 82.6 Å². The Labute approximate surface area is 116 Å². The van der Waals surface area contributed by atoms with Gasteiger partial charge in [-0.3, -0.25) is 10.1 Å². The Hall–Kier alpha value is -0.610. The number of methoxy groups -OCH3 is 1. The van der Waals surface area contributed by atoms with Crippen molar-refractivity contribution in [1.29, 1.82) is 0 Å². The summed E-state index contributed by atoms with van der Waals surface area (Å²) < 4.78 is 10.8. The second kappa shape index (κ2) is 7.25. The molecule has 3 unspecified atom stereocenters. The van der Waals surface area contributed by atoms with Crippen molar-refractivity contribution < 1.29 is 14.3 Å². The molecule has 110 valence electrons. The number of nitrogens with one attached hydrogen (secondary N) is 1. The quantitative estimate of drug-likeness (QED) is 0.629. The first-order chi connectivity index (χ1) is 9.20. The molecule has 4 nitrogen and oxygen atoms in total. The molecule has 1 saturated heterocycles. The molecule has 1 saturated carbocycles.